The third-order valence-electron chi connectivity index (χ3n) is 3.13. The average molecular weight is 309 g/mol. The van der Waals surface area contributed by atoms with Crippen LogP contribution in [0, 0.1) is 0 Å². The molecule has 2 aromatic rings. The SMILES string of the molecule is CCS(=O)(=O)c1ccccc1NC(C)Cc1ccsc1. The van der Waals surface area contributed by atoms with E-state index in [4.69, 9.17) is 0 Å². The number of sulfone groups is 1. The standard InChI is InChI=1S/C15H19NO2S2/c1-3-20(17,18)15-7-5-4-6-14(15)16-12(2)10-13-8-9-19-11-13/h4-9,11-12,16H,3,10H2,1-2H3. The summed E-state index contributed by atoms with van der Waals surface area (Å²) in [5.41, 5.74) is 1.96. The minimum absolute atomic E-state index is 0.116. The van der Waals surface area contributed by atoms with Crippen LogP contribution in [-0.2, 0) is 16.3 Å². The molecule has 0 saturated carbocycles. The molecule has 1 aromatic heterocycles. The molecule has 1 atom stereocenters. The lowest BCUT2D eigenvalue weighted by Gasteiger charge is -2.17. The summed E-state index contributed by atoms with van der Waals surface area (Å²) in [6, 6.07) is 9.38. The topological polar surface area (TPSA) is 46.2 Å². The number of benzene rings is 1. The molecule has 0 aliphatic rings. The largest absolute Gasteiger partial charge is 0.381 e. The zero-order chi connectivity index (χ0) is 14.6. The van der Waals surface area contributed by atoms with Crippen molar-refractivity contribution in [2.75, 3.05) is 11.1 Å². The van der Waals surface area contributed by atoms with Gasteiger partial charge >= 0.3 is 0 Å². The fourth-order valence-electron chi connectivity index (χ4n) is 2.09. The van der Waals surface area contributed by atoms with Crippen molar-refractivity contribution >= 4 is 26.9 Å². The van der Waals surface area contributed by atoms with E-state index < -0.39 is 9.84 Å². The number of rotatable bonds is 6. The quantitative estimate of drug-likeness (QED) is 0.887. The molecule has 1 unspecified atom stereocenters. The van der Waals surface area contributed by atoms with Crippen molar-refractivity contribution in [1.82, 2.24) is 0 Å². The summed E-state index contributed by atoms with van der Waals surface area (Å²) in [4.78, 5) is 0.389. The van der Waals surface area contributed by atoms with Gasteiger partial charge in [-0.15, -0.1) is 0 Å². The van der Waals surface area contributed by atoms with E-state index in [-0.39, 0.29) is 11.8 Å². The Balaban J connectivity index is 2.17. The second kappa shape index (κ2) is 6.41. The normalized spacial score (nSPS) is 13.1. The fraction of sp³-hybridized carbons (Fsp3) is 0.333. The molecule has 0 spiro atoms. The molecular weight excluding hydrogens is 290 g/mol. The van der Waals surface area contributed by atoms with E-state index in [0.717, 1.165) is 6.42 Å². The first kappa shape index (κ1) is 15.1. The fourth-order valence-corrected chi connectivity index (χ4v) is 3.83. The first-order chi connectivity index (χ1) is 9.53. The second-order valence-corrected chi connectivity index (χ2v) is 7.81. The summed E-state index contributed by atoms with van der Waals surface area (Å²) in [5, 5.41) is 7.49. The Bertz CT molecular complexity index is 648. The van der Waals surface area contributed by atoms with Crippen molar-refractivity contribution in [2.45, 2.75) is 31.2 Å². The van der Waals surface area contributed by atoms with Crippen molar-refractivity contribution in [3.8, 4) is 0 Å². The van der Waals surface area contributed by atoms with Crippen LogP contribution in [0.25, 0.3) is 0 Å². The van der Waals surface area contributed by atoms with Crippen LogP contribution < -0.4 is 5.32 Å². The lowest BCUT2D eigenvalue weighted by atomic mass is 10.1. The van der Waals surface area contributed by atoms with Gasteiger partial charge in [0.25, 0.3) is 0 Å². The Morgan fingerprint density at radius 2 is 2.00 bits per heavy atom. The lowest BCUT2D eigenvalue weighted by Crippen LogP contribution is -2.20. The van der Waals surface area contributed by atoms with E-state index in [0.29, 0.717) is 10.6 Å². The maximum atomic E-state index is 12.1. The molecule has 2 rings (SSSR count). The van der Waals surface area contributed by atoms with E-state index in [9.17, 15) is 8.42 Å². The van der Waals surface area contributed by atoms with Crippen LogP contribution in [-0.4, -0.2) is 20.2 Å². The summed E-state index contributed by atoms with van der Waals surface area (Å²) in [7, 11) is -3.20. The summed E-state index contributed by atoms with van der Waals surface area (Å²) < 4.78 is 24.2. The number of hydrogen-bond donors (Lipinski definition) is 1. The third-order valence-corrected chi connectivity index (χ3v) is 5.64. The Morgan fingerprint density at radius 1 is 1.25 bits per heavy atom. The summed E-state index contributed by atoms with van der Waals surface area (Å²) in [6.45, 7) is 3.73. The number of hydrogen-bond acceptors (Lipinski definition) is 4. The van der Waals surface area contributed by atoms with Gasteiger partial charge in [0, 0.05) is 6.04 Å². The predicted molar refractivity (Wildman–Crippen MR) is 85.3 cm³/mol. The molecular formula is C15H19NO2S2. The maximum Gasteiger partial charge on any atom is 0.180 e. The van der Waals surface area contributed by atoms with E-state index >= 15 is 0 Å². The number of thiophene rings is 1. The molecule has 0 aliphatic heterocycles. The highest BCUT2D eigenvalue weighted by molar-refractivity contribution is 7.91. The van der Waals surface area contributed by atoms with Crippen LogP contribution >= 0.6 is 11.3 Å². The van der Waals surface area contributed by atoms with Gasteiger partial charge in [0.15, 0.2) is 9.84 Å². The van der Waals surface area contributed by atoms with Crippen molar-refractivity contribution in [2.24, 2.45) is 0 Å². The molecule has 0 fully saturated rings. The van der Waals surface area contributed by atoms with Crippen LogP contribution in [0.2, 0.25) is 0 Å². The molecule has 1 aromatic carbocycles. The van der Waals surface area contributed by atoms with E-state index in [1.54, 1.807) is 30.4 Å². The van der Waals surface area contributed by atoms with Crippen molar-refractivity contribution < 1.29 is 8.42 Å². The highest BCUT2D eigenvalue weighted by Crippen LogP contribution is 2.23. The van der Waals surface area contributed by atoms with Gasteiger partial charge in [-0.3, -0.25) is 0 Å². The highest BCUT2D eigenvalue weighted by atomic mass is 32.2. The van der Waals surface area contributed by atoms with Crippen LogP contribution in [0.1, 0.15) is 19.4 Å². The first-order valence-electron chi connectivity index (χ1n) is 6.62. The number of para-hydroxylation sites is 1. The lowest BCUT2D eigenvalue weighted by molar-refractivity contribution is 0.597. The van der Waals surface area contributed by atoms with Gasteiger partial charge in [0.05, 0.1) is 16.3 Å². The average Bonchev–Trinajstić information content (AvgIpc) is 2.92. The molecule has 1 N–H and O–H groups in total. The van der Waals surface area contributed by atoms with Gasteiger partial charge in [0.2, 0.25) is 0 Å². The minimum atomic E-state index is -3.20. The van der Waals surface area contributed by atoms with E-state index in [1.165, 1.54) is 5.56 Å². The molecule has 1 heterocycles. The molecule has 0 bridgehead atoms. The molecule has 5 heteroatoms. The van der Waals surface area contributed by atoms with Gasteiger partial charge in [-0.1, -0.05) is 19.1 Å². The van der Waals surface area contributed by atoms with Crippen molar-refractivity contribution in [3.63, 3.8) is 0 Å². The first-order valence-corrected chi connectivity index (χ1v) is 9.22. The summed E-state index contributed by atoms with van der Waals surface area (Å²) >= 11 is 1.68. The third kappa shape index (κ3) is 3.61. The molecule has 0 aliphatic carbocycles. The van der Waals surface area contributed by atoms with Crippen molar-refractivity contribution in [3.05, 3.63) is 46.7 Å². The zero-order valence-electron chi connectivity index (χ0n) is 11.7. The Hall–Kier alpha value is -1.33. The van der Waals surface area contributed by atoms with Crippen LogP contribution in [0.4, 0.5) is 5.69 Å². The second-order valence-electron chi connectivity index (χ2n) is 4.78. The zero-order valence-corrected chi connectivity index (χ0v) is 13.3. The van der Waals surface area contributed by atoms with Gasteiger partial charge in [-0.05, 0) is 47.9 Å². The van der Waals surface area contributed by atoms with Gasteiger partial charge in [-0.2, -0.15) is 11.3 Å². The van der Waals surface area contributed by atoms with Crippen LogP contribution in [0.3, 0.4) is 0 Å². The monoisotopic (exact) mass is 309 g/mol. The molecule has 0 radical (unpaired) electrons. The van der Waals surface area contributed by atoms with Crippen LogP contribution in [0.5, 0.6) is 0 Å². The van der Waals surface area contributed by atoms with Gasteiger partial charge in [-0.25, -0.2) is 8.42 Å². The molecule has 3 nitrogen and oxygen atoms in total. The van der Waals surface area contributed by atoms with E-state index in [2.05, 4.69) is 29.1 Å². The number of anilines is 1. The van der Waals surface area contributed by atoms with Crippen LogP contribution in [0.15, 0.2) is 46.0 Å². The van der Waals surface area contributed by atoms with E-state index in [1.807, 2.05) is 12.1 Å². The van der Waals surface area contributed by atoms with Crippen molar-refractivity contribution in [1.29, 1.82) is 0 Å². The Morgan fingerprint density at radius 3 is 2.65 bits per heavy atom. The molecule has 20 heavy (non-hydrogen) atoms. The molecule has 108 valence electrons. The highest BCUT2D eigenvalue weighted by Gasteiger charge is 2.17. The molecule has 0 amide bonds. The summed E-state index contributed by atoms with van der Waals surface area (Å²) in [5.74, 6) is 0.116. The predicted octanol–water partition coefficient (Wildman–Crippen LogP) is 3.58. The number of nitrogens with one attached hydrogen (secondary N) is 1. The summed E-state index contributed by atoms with van der Waals surface area (Å²) in [6.07, 6.45) is 0.879. The smallest absolute Gasteiger partial charge is 0.180 e. The minimum Gasteiger partial charge on any atom is -0.381 e. The maximum absolute atomic E-state index is 12.1. The van der Waals surface area contributed by atoms with Gasteiger partial charge in [0.1, 0.15) is 0 Å². The van der Waals surface area contributed by atoms with Gasteiger partial charge < -0.3 is 5.32 Å². The molecule has 0 saturated heterocycles. The Kier molecular flexibility index (Phi) is 4.83. The Labute approximate surface area is 124 Å².